The van der Waals surface area contributed by atoms with Gasteiger partial charge in [-0.25, -0.2) is 4.79 Å². The molecular formula is C16H16O3. The summed E-state index contributed by atoms with van der Waals surface area (Å²) in [4.78, 5) is 10.7. The number of hydrogen-bond donors (Lipinski definition) is 2. The molecule has 0 unspecified atom stereocenters. The topological polar surface area (TPSA) is 57.5 Å². The fourth-order valence-electron chi connectivity index (χ4n) is 1.99. The number of benzene rings is 2. The summed E-state index contributed by atoms with van der Waals surface area (Å²) in [5.74, 6) is -0.901. The standard InChI is InChI=1S/C16H16O3/c17-11-14-3-1-2-13(10-14)5-4-12-6-8-15(9-7-12)16(18)19/h1-3,6-10,17H,4-5,11H2,(H,18,19). The summed E-state index contributed by atoms with van der Waals surface area (Å²) < 4.78 is 0. The molecule has 2 aromatic rings. The predicted octanol–water partition coefficient (Wildman–Crippen LogP) is 2.66. The molecule has 2 aromatic carbocycles. The van der Waals surface area contributed by atoms with Crippen LogP contribution < -0.4 is 0 Å². The Morgan fingerprint density at radius 2 is 1.53 bits per heavy atom. The van der Waals surface area contributed by atoms with Crippen molar-refractivity contribution < 1.29 is 15.0 Å². The number of aryl methyl sites for hydroxylation is 2. The van der Waals surface area contributed by atoms with Gasteiger partial charge in [-0.1, -0.05) is 36.4 Å². The second-order valence-corrected chi connectivity index (χ2v) is 4.48. The Morgan fingerprint density at radius 1 is 0.895 bits per heavy atom. The van der Waals surface area contributed by atoms with Crippen LogP contribution in [0.15, 0.2) is 48.5 Å². The zero-order valence-corrected chi connectivity index (χ0v) is 10.5. The van der Waals surface area contributed by atoms with Gasteiger partial charge in [0.05, 0.1) is 12.2 Å². The summed E-state index contributed by atoms with van der Waals surface area (Å²) in [7, 11) is 0. The van der Waals surface area contributed by atoms with Crippen molar-refractivity contribution in [3.63, 3.8) is 0 Å². The number of aliphatic hydroxyl groups excluding tert-OH is 1. The lowest BCUT2D eigenvalue weighted by atomic mass is 10.0. The smallest absolute Gasteiger partial charge is 0.335 e. The SMILES string of the molecule is O=C(O)c1ccc(CCc2cccc(CO)c2)cc1. The molecular weight excluding hydrogens is 240 g/mol. The van der Waals surface area contributed by atoms with E-state index in [9.17, 15) is 4.79 Å². The second kappa shape index (κ2) is 6.16. The molecule has 98 valence electrons. The maximum Gasteiger partial charge on any atom is 0.335 e. The number of carbonyl (C=O) groups is 1. The number of carboxylic acids is 1. The average Bonchev–Trinajstić information content (AvgIpc) is 2.46. The molecule has 0 saturated carbocycles. The number of carboxylic acid groups (broad SMARTS) is 1. The summed E-state index contributed by atoms with van der Waals surface area (Å²) in [6.07, 6.45) is 1.73. The van der Waals surface area contributed by atoms with E-state index in [0.29, 0.717) is 5.56 Å². The monoisotopic (exact) mass is 256 g/mol. The van der Waals surface area contributed by atoms with Crippen LogP contribution in [0.5, 0.6) is 0 Å². The Bertz CT molecular complexity index is 558. The molecule has 0 heterocycles. The zero-order valence-electron chi connectivity index (χ0n) is 10.5. The average molecular weight is 256 g/mol. The first-order chi connectivity index (χ1) is 9.19. The van der Waals surface area contributed by atoms with Crippen LogP contribution >= 0.6 is 0 Å². The van der Waals surface area contributed by atoms with Gasteiger partial charge in [-0.05, 0) is 41.7 Å². The Balaban J connectivity index is 1.99. The van der Waals surface area contributed by atoms with Crippen LogP contribution in [0.1, 0.15) is 27.0 Å². The Hall–Kier alpha value is -2.13. The third kappa shape index (κ3) is 3.66. The maximum absolute atomic E-state index is 10.7. The summed E-state index contributed by atoms with van der Waals surface area (Å²) >= 11 is 0. The number of aromatic carboxylic acids is 1. The summed E-state index contributed by atoms with van der Waals surface area (Å²) in [6, 6.07) is 14.8. The number of hydrogen-bond acceptors (Lipinski definition) is 2. The van der Waals surface area contributed by atoms with E-state index in [4.69, 9.17) is 10.2 Å². The van der Waals surface area contributed by atoms with Crippen molar-refractivity contribution in [2.75, 3.05) is 0 Å². The minimum atomic E-state index is -0.901. The first-order valence-corrected chi connectivity index (χ1v) is 6.20. The Morgan fingerprint density at radius 3 is 2.16 bits per heavy atom. The lowest BCUT2D eigenvalue weighted by molar-refractivity contribution is 0.0697. The fraction of sp³-hybridized carbons (Fsp3) is 0.188. The van der Waals surface area contributed by atoms with E-state index in [2.05, 4.69) is 0 Å². The molecule has 0 radical (unpaired) electrons. The minimum Gasteiger partial charge on any atom is -0.478 e. The van der Waals surface area contributed by atoms with Gasteiger partial charge in [0, 0.05) is 0 Å². The van der Waals surface area contributed by atoms with Gasteiger partial charge in [0.25, 0.3) is 0 Å². The van der Waals surface area contributed by atoms with Gasteiger partial charge in [-0.3, -0.25) is 0 Å². The molecule has 0 saturated heterocycles. The van der Waals surface area contributed by atoms with Crippen LogP contribution in [0.4, 0.5) is 0 Å². The Labute approximate surface area is 112 Å². The lowest BCUT2D eigenvalue weighted by Gasteiger charge is -2.04. The molecule has 3 heteroatoms. The Kier molecular flexibility index (Phi) is 4.31. The van der Waals surface area contributed by atoms with Gasteiger partial charge >= 0.3 is 5.97 Å². The molecule has 0 bridgehead atoms. The molecule has 0 amide bonds. The number of aliphatic hydroxyl groups is 1. The van der Waals surface area contributed by atoms with E-state index in [0.717, 1.165) is 24.0 Å². The van der Waals surface area contributed by atoms with Crippen LogP contribution in [0, 0.1) is 0 Å². The highest BCUT2D eigenvalue weighted by molar-refractivity contribution is 5.87. The van der Waals surface area contributed by atoms with Crippen molar-refractivity contribution in [2.24, 2.45) is 0 Å². The number of rotatable bonds is 5. The van der Waals surface area contributed by atoms with Crippen LogP contribution in [-0.2, 0) is 19.4 Å². The van der Waals surface area contributed by atoms with E-state index in [1.807, 2.05) is 36.4 Å². The molecule has 0 aliphatic carbocycles. The van der Waals surface area contributed by atoms with Crippen molar-refractivity contribution in [1.82, 2.24) is 0 Å². The van der Waals surface area contributed by atoms with E-state index in [1.54, 1.807) is 12.1 Å². The van der Waals surface area contributed by atoms with Crippen LogP contribution in [0.25, 0.3) is 0 Å². The van der Waals surface area contributed by atoms with Gasteiger partial charge in [0.2, 0.25) is 0 Å². The lowest BCUT2D eigenvalue weighted by Crippen LogP contribution is -1.97. The van der Waals surface area contributed by atoms with Gasteiger partial charge in [0.1, 0.15) is 0 Å². The van der Waals surface area contributed by atoms with Crippen LogP contribution in [0.2, 0.25) is 0 Å². The van der Waals surface area contributed by atoms with Crippen molar-refractivity contribution in [3.8, 4) is 0 Å². The first-order valence-electron chi connectivity index (χ1n) is 6.20. The van der Waals surface area contributed by atoms with Crippen molar-refractivity contribution >= 4 is 5.97 Å². The first kappa shape index (κ1) is 13.3. The van der Waals surface area contributed by atoms with Gasteiger partial charge in [-0.2, -0.15) is 0 Å². The molecule has 0 atom stereocenters. The largest absolute Gasteiger partial charge is 0.478 e. The maximum atomic E-state index is 10.7. The van der Waals surface area contributed by atoms with Crippen molar-refractivity contribution in [1.29, 1.82) is 0 Å². The molecule has 2 N–H and O–H groups in total. The minimum absolute atomic E-state index is 0.0567. The highest BCUT2D eigenvalue weighted by atomic mass is 16.4. The highest BCUT2D eigenvalue weighted by Gasteiger charge is 2.02. The molecule has 0 aliphatic heterocycles. The second-order valence-electron chi connectivity index (χ2n) is 4.48. The third-order valence-electron chi connectivity index (χ3n) is 3.08. The van der Waals surface area contributed by atoms with E-state index in [1.165, 1.54) is 5.56 Å². The fourth-order valence-corrected chi connectivity index (χ4v) is 1.99. The van der Waals surface area contributed by atoms with E-state index in [-0.39, 0.29) is 6.61 Å². The molecule has 0 spiro atoms. The quantitative estimate of drug-likeness (QED) is 0.864. The van der Waals surface area contributed by atoms with Crippen molar-refractivity contribution in [3.05, 3.63) is 70.8 Å². The molecule has 19 heavy (non-hydrogen) atoms. The van der Waals surface area contributed by atoms with E-state index >= 15 is 0 Å². The summed E-state index contributed by atoms with van der Waals surface area (Å²) in [5.41, 5.74) is 3.51. The summed E-state index contributed by atoms with van der Waals surface area (Å²) in [5, 5.41) is 17.9. The van der Waals surface area contributed by atoms with Gasteiger partial charge in [0.15, 0.2) is 0 Å². The highest BCUT2D eigenvalue weighted by Crippen LogP contribution is 2.11. The van der Waals surface area contributed by atoms with Crippen molar-refractivity contribution in [2.45, 2.75) is 19.4 Å². The molecule has 2 rings (SSSR count). The van der Waals surface area contributed by atoms with Gasteiger partial charge in [-0.15, -0.1) is 0 Å². The zero-order chi connectivity index (χ0) is 13.7. The van der Waals surface area contributed by atoms with Gasteiger partial charge < -0.3 is 10.2 Å². The molecule has 0 fully saturated rings. The van der Waals surface area contributed by atoms with E-state index < -0.39 is 5.97 Å². The normalized spacial score (nSPS) is 10.4. The molecule has 0 aliphatic rings. The predicted molar refractivity (Wildman–Crippen MR) is 73.2 cm³/mol. The van der Waals surface area contributed by atoms with Crippen LogP contribution in [0.3, 0.4) is 0 Å². The molecule has 0 aromatic heterocycles. The molecule has 3 nitrogen and oxygen atoms in total. The third-order valence-corrected chi connectivity index (χ3v) is 3.08. The summed E-state index contributed by atoms with van der Waals surface area (Å²) in [6.45, 7) is 0.0567. The van der Waals surface area contributed by atoms with Crippen LogP contribution in [-0.4, -0.2) is 16.2 Å².